The van der Waals surface area contributed by atoms with E-state index in [0.29, 0.717) is 19.8 Å². The number of rotatable bonds is 8. The SMILES string of the molecule is CC(C)C(NC(=O)CN1CCN(CC=Cc2ccccc2)CC1)c1ccc2c(c1)OCCCO2. The van der Waals surface area contributed by atoms with E-state index in [-0.39, 0.29) is 17.9 Å². The highest BCUT2D eigenvalue weighted by Crippen LogP contribution is 2.34. The van der Waals surface area contributed by atoms with E-state index in [1.54, 1.807) is 0 Å². The van der Waals surface area contributed by atoms with Gasteiger partial charge in [-0.25, -0.2) is 0 Å². The van der Waals surface area contributed by atoms with Crippen LogP contribution in [-0.2, 0) is 4.79 Å². The monoisotopic (exact) mass is 463 g/mol. The fraction of sp³-hybridized carbons (Fsp3) is 0.464. The Hall–Kier alpha value is -2.83. The first-order valence-electron chi connectivity index (χ1n) is 12.4. The Balaban J connectivity index is 1.25. The molecule has 2 aromatic carbocycles. The zero-order chi connectivity index (χ0) is 23.8. The first-order chi connectivity index (χ1) is 16.6. The molecular weight excluding hydrogens is 426 g/mol. The van der Waals surface area contributed by atoms with Crippen LogP contribution >= 0.6 is 0 Å². The van der Waals surface area contributed by atoms with Crippen molar-refractivity contribution < 1.29 is 14.3 Å². The molecule has 1 fully saturated rings. The molecule has 34 heavy (non-hydrogen) atoms. The summed E-state index contributed by atoms with van der Waals surface area (Å²) in [7, 11) is 0. The molecule has 1 amide bonds. The lowest BCUT2D eigenvalue weighted by atomic mass is 9.95. The van der Waals surface area contributed by atoms with E-state index < -0.39 is 0 Å². The lowest BCUT2D eigenvalue weighted by Gasteiger charge is -2.34. The van der Waals surface area contributed by atoms with Crippen LogP contribution in [0.1, 0.15) is 37.4 Å². The number of carbonyl (C=O) groups excluding carboxylic acids is 1. The number of nitrogens with one attached hydrogen (secondary N) is 1. The third-order valence-corrected chi connectivity index (χ3v) is 6.42. The number of nitrogens with zero attached hydrogens (tertiary/aromatic N) is 2. The van der Waals surface area contributed by atoms with E-state index in [4.69, 9.17) is 9.47 Å². The van der Waals surface area contributed by atoms with E-state index >= 15 is 0 Å². The van der Waals surface area contributed by atoms with Crippen molar-refractivity contribution in [3.63, 3.8) is 0 Å². The predicted molar refractivity (Wildman–Crippen MR) is 136 cm³/mol. The van der Waals surface area contributed by atoms with Gasteiger partial charge in [0.15, 0.2) is 11.5 Å². The molecule has 0 radical (unpaired) electrons. The second kappa shape index (κ2) is 12.0. The lowest BCUT2D eigenvalue weighted by Crippen LogP contribution is -2.49. The van der Waals surface area contributed by atoms with Gasteiger partial charge >= 0.3 is 0 Å². The zero-order valence-electron chi connectivity index (χ0n) is 20.4. The van der Waals surface area contributed by atoms with Crippen LogP contribution in [-0.4, -0.2) is 68.2 Å². The Morgan fingerprint density at radius 3 is 2.41 bits per heavy atom. The largest absolute Gasteiger partial charge is 0.490 e. The van der Waals surface area contributed by atoms with Crippen molar-refractivity contribution in [1.82, 2.24) is 15.1 Å². The van der Waals surface area contributed by atoms with Crippen molar-refractivity contribution >= 4 is 12.0 Å². The normalized spacial score (nSPS) is 18.1. The van der Waals surface area contributed by atoms with Crippen LogP contribution in [0.4, 0.5) is 0 Å². The standard InChI is InChI=1S/C28H37N3O3/c1-22(2)28(24-11-12-25-26(20-24)34-19-7-18-33-25)29-27(32)21-31-16-14-30(15-17-31)13-6-10-23-8-4-3-5-9-23/h3-6,8-12,20,22,28H,7,13-19,21H2,1-2H3,(H,29,32). The van der Waals surface area contributed by atoms with Gasteiger partial charge in [-0.2, -0.15) is 0 Å². The molecule has 6 nitrogen and oxygen atoms in total. The summed E-state index contributed by atoms with van der Waals surface area (Å²) in [5, 5.41) is 3.26. The molecule has 0 aliphatic carbocycles. The minimum absolute atomic E-state index is 0.0611. The minimum Gasteiger partial charge on any atom is -0.490 e. The van der Waals surface area contributed by atoms with E-state index in [0.717, 1.165) is 56.2 Å². The summed E-state index contributed by atoms with van der Waals surface area (Å²) in [5.41, 5.74) is 2.29. The fourth-order valence-electron chi connectivity index (χ4n) is 4.46. The quantitative estimate of drug-likeness (QED) is 0.642. The summed E-state index contributed by atoms with van der Waals surface area (Å²) < 4.78 is 11.6. The smallest absolute Gasteiger partial charge is 0.234 e. The van der Waals surface area contributed by atoms with E-state index in [2.05, 4.69) is 65.4 Å². The first kappa shape index (κ1) is 24.3. The number of carbonyl (C=O) groups is 1. The lowest BCUT2D eigenvalue weighted by molar-refractivity contribution is -0.123. The number of hydrogen-bond donors (Lipinski definition) is 1. The molecule has 6 heteroatoms. The molecule has 0 aromatic heterocycles. The number of ether oxygens (including phenoxy) is 2. The van der Waals surface area contributed by atoms with Crippen LogP contribution in [0, 0.1) is 5.92 Å². The summed E-state index contributed by atoms with van der Waals surface area (Å²) in [6.07, 6.45) is 5.27. The average Bonchev–Trinajstić information content (AvgIpc) is 3.09. The molecule has 0 bridgehead atoms. The van der Waals surface area contributed by atoms with Crippen LogP contribution in [0.2, 0.25) is 0 Å². The molecule has 1 unspecified atom stereocenters. The maximum Gasteiger partial charge on any atom is 0.234 e. The highest BCUT2D eigenvalue weighted by atomic mass is 16.5. The van der Waals surface area contributed by atoms with Gasteiger partial charge in [0.25, 0.3) is 0 Å². The zero-order valence-corrected chi connectivity index (χ0v) is 20.4. The van der Waals surface area contributed by atoms with E-state index in [1.165, 1.54) is 5.56 Å². The number of benzene rings is 2. The molecule has 0 spiro atoms. The molecule has 2 aliphatic heterocycles. The highest BCUT2D eigenvalue weighted by Gasteiger charge is 2.23. The van der Waals surface area contributed by atoms with Gasteiger partial charge in [-0.3, -0.25) is 14.6 Å². The minimum atomic E-state index is -0.0611. The molecule has 4 rings (SSSR count). The Morgan fingerprint density at radius 1 is 0.971 bits per heavy atom. The van der Waals surface area contributed by atoms with Crippen molar-refractivity contribution in [1.29, 1.82) is 0 Å². The molecule has 0 saturated carbocycles. The number of amides is 1. The van der Waals surface area contributed by atoms with Crippen molar-refractivity contribution in [2.24, 2.45) is 5.92 Å². The second-order valence-corrected chi connectivity index (χ2v) is 9.44. The molecule has 2 aliphatic rings. The summed E-state index contributed by atoms with van der Waals surface area (Å²) in [5.74, 6) is 1.89. The maximum atomic E-state index is 12.9. The third kappa shape index (κ3) is 6.84. The third-order valence-electron chi connectivity index (χ3n) is 6.42. The van der Waals surface area contributed by atoms with Gasteiger partial charge in [-0.1, -0.05) is 62.4 Å². The van der Waals surface area contributed by atoms with Crippen LogP contribution < -0.4 is 14.8 Å². The van der Waals surface area contributed by atoms with E-state index in [1.807, 2.05) is 24.3 Å². The van der Waals surface area contributed by atoms with Gasteiger partial charge in [0, 0.05) is 39.1 Å². The van der Waals surface area contributed by atoms with Crippen molar-refractivity contribution in [3.8, 4) is 11.5 Å². The summed E-state index contributed by atoms with van der Waals surface area (Å²) >= 11 is 0. The topological polar surface area (TPSA) is 54.0 Å². The number of hydrogen-bond acceptors (Lipinski definition) is 5. The van der Waals surface area contributed by atoms with Gasteiger partial charge in [-0.15, -0.1) is 0 Å². The summed E-state index contributed by atoms with van der Waals surface area (Å²) in [6.45, 7) is 10.7. The van der Waals surface area contributed by atoms with Gasteiger partial charge in [-0.05, 0) is 29.2 Å². The molecule has 2 heterocycles. The Morgan fingerprint density at radius 2 is 1.68 bits per heavy atom. The van der Waals surface area contributed by atoms with Crippen LogP contribution in [0.5, 0.6) is 11.5 Å². The van der Waals surface area contributed by atoms with Crippen molar-refractivity contribution in [2.75, 3.05) is 52.5 Å². The van der Waals surface area contributed by atoms with Gasteiger partial charge in [0.2, 0.25) is 5.91 Å². The van der Waals surface area contributed by atoms with Crippen LogP contribution in [0.3, 0.4) is 0 Å². The van der Waals surface area contributed by atoms with E-state index in [9.17, 15) is 4.79 Å². The van der Waals surface area contributed by atoms with Crippen molar-refractivity contribution in [3.05, 3.63) is 65.7 Å². The van der Waals surface area contributed by atoms with Gasteiger partial charge < -0.3 is 14.8 Å². The Labute approximate surface area is 203 Å². The molecular formula is C28H37N3O3. The second-order valence-electron chi connectivity index (χ2n) is 9.44. The Bertz CT molecular complexity index is 953. The first-order valence-corrected chi connectivity index (χ1v) is 12.4. The number of fused-ring (bicyclic) bond motifs is 1. The predicted octanol–water partition coefficient (Wildman–Crippen LogP) is 3.99. The van der Waals surface area contributed by atoms with Crippen LogP contribution in [0.25, 0.3) is 6.08 Å². The molecule has 2 aromatic rings. The molecule has 1 saturated heterocycles. The molecule has 1 N–H and O–H groups in total. The number of piperazine rings is 1. The summed E-state index contributed by atoms with van der Waals surface area (Å²) in [6, 6.07) is 16.3. The van der Waals surface area contributed by atoms with Gasteiger partial charge in [0.05, 0.1) is 25.8 Å². The molecule has 182 valence electrons. The highest BCUT2D eigenvalue weighted by molar-refractivity contribution is 5.78. The van der Waals surface area contributed by atoms with Crippen LogP contribution in [0.15, 0.2) is 54.6 Å². The van der Waals surface area contributed by atoms with Gasteiger partial charge in [0.1, 0.15) is 0 Å². The fourth-order valence-corrected chi connectivity index (χ4v) is 4.46. The van der Waals surface area contributed by atoms with Crippen molar-refractivity contribution in [2.45, 2.75) is 26.3 Å². The maximum absolute atomic E-state index is 12.9. The Kier molecular flexibility index (Phi) is 8.61. The average molecular weight is 464 g/mol. The molecule has 1 atom stereocenters. The summed E-state index contributed by atoms with van der Waals surface area (Å²) in [4.78, 5) is 17.6.